The predicted molar refractivity (Wildman–Crippen MR) is 90.6 cm³/mol. The number of rotatable bonds is 2. The van der Waals surface area contributed by atoms with E-state index in [0.717, 1.165) is 20.0 Å². The highest BCUT2D eigenvalue weighted by Crippen LogP contribution is 2.35. The Labute approximate surface area is 135 Å². The number of halogens is 3. The summed E-state index contributed by atoms with van der Waals surface area (Å²) in [7, 11) is 0. The number of hydrogen-bond donors (Lipinski definition) is 0. The maximum absolute atomic E-state index is 6.35. The third-order valence-electron chi connectivity index (χ3n) is 2.79. The van der Waals surface area contributed by atoms with Crippen molar-refractivity contribution >= 4 is 68.1 Å². The van der Waals surface area contributed by atoms with Crippen molar-refractivity contribution < 1.29 is 0 Å². The molecule has 0 spiro atoms. The van der Waals surface area contributed by atoms with Gasteiger partial charge in [0, 0.05) is 21.3 Å². The Bertz CT molecular complexity index is 808. The minimum atomic E-state index is 0.519. The van der Waals surface area contributed by atoms with E-state index in [-0.39, 0.29) is 0 Å². The summed E-state index contributed by atoms with van der Waals surface area (Å²) in [5, 5.41) is 2.88. The Hall–Kier alpha value is -1.06. The number of benzene rings is 2. The molecule has 0 aliphatic heterocycles. The fraction of sp³-hybridized carbons (Fsp3) is 0. The van der Waals surface area contributed by atoms with Crippen LogP contribution in [0.2, 0.25) is 15.1 Å². The molecule has 0 fully saturated rings. The molecule has 5 heteroatoms. The molecule has 0 saturated carbocycles. The van der Waals surface area contributed by atoms with Gasteiger partial charge >= 0.3 is 0 Å². The molecule has 0 radical (unpaired) electrons. The SMILES string of the molecule is Clc1ccc(N=Cc2sc3ccccc3c2Cl)c(Cl)c1. The second-order valence-corrected chi connectivity index (χ2v) is 6.44. The molecular weight excluding hydrogens is 333 g/mol. The highest BCUT2D eigenvalue weighted by Gasteiger charge is 2.08. The summed E-state index contributed by atoms with van der Waals surface area (Å²) in [6, 6.07) is 13.2. The Balaban J connectivity index is 2.00. The number of aliphatic imine (C=N–C) groups is 1. The van der Waals surface area contributed by atoms with Crippen molar-refractivity contribution in [2.75, 3.05) is 0 Å². The van der Waals surface area contributed by atoms with E-state index < -0.39 is 0 Å². The van der Waals surface area contributed by atoms with E-state index in [1.165, 1.54) is 0 Å². The lowest BCUT2D eigenvalue weighted by atomic mass is 10.2. The van der Waals surface area contributed by atoms with E-state index in [2.05, 4.69) is 4.99 Å². The third-order valence-corrected chi connectivity index (χ3v) is 4.95. The molecule has 1 aromatic heterocycles. The maximum Gasteiger partial charge on any atom is 0.0817 e. The molecule has 0 aliphatic carbocycles. The Kier molecular flexibility index (Phi) is 3.99. The Morgan fingerprint density at radius 1 is 1.00 bits per heavy atom. The summed E-state index contributed by atoms with van der Waals surface area (Å²) in [5.74, 6) is 0. The van der Waals surface area contributed by atoms with Crippen LogP contribution in [-0.2, 0) is 0 Å². The quantitative estimate of drug-likeness (QED) is 0.465. The van der Waals surface area contributed by atoms with Crippen LogP contribution in [0.3, 0.4) is 0 Å². The zero-order valence-electron chi connectivity index (χ0n) is 10.1. The summed E-state index contributed by atoms with van der Waals surface area (Å²) in [4.78, 5) is 5.30. The smallest absolute Gasteiger partial charge is 0.0817 e. The van der Waals surface area contributed by atoms with Crippen LogP contribution in [-0.4, -0.2) is 6.21 Å². The first kappa shape index (κ1) is 13.9. The van der Waals surface area contributed by atoms with Crippen LogP contribution in [0, 0.1) is 0 Å². The number of hydrogen-bond acceptors (Lipinski definition) is 2. The van der Waals surface area contributed by atoms with Crippen LogP contribution in [0.5, 0.6) is 0 Å². The van der Waals surface area contributed by atoms with E-state index in [1.807, 2.05) is 24.3 Å². The lowest BCUT2D eigenvalue weighted by molar-refractivity contribution is 1.54. The molecule has 0 amide bonds. The molecule has 1 heterocycles. The van der Waals surface area contributed by atoms with Crippen LogP contribution >= 0.6 is 46.1 Å². The van der Waals surface area contributed by atoms with E-state index in [4.69, 9.17) is 34.8 Å². The van der Waals surface area contributed by atoms with Crippen molar-refractivity contribution in [3.05, 3.63) is 62.4 Å². The second kappa shape index (κ2) is 5.74. The van der Waals surface area contributed by atoms with Gasteiger partial charge in [0.05, 0.1) is 20.6 Å². The average Bonchev–Trinajstić information content (AvgIpc) is 2.75. The largest absolute Gasteiger partial charge is 0.254 e. The summed E-state index contributed by atoms with van der Waals surface area (Å²) in [6.07, 6.45) is 1.74. The lowest BCUT2D eigenvalue weighted by Gasteiger charge is -1.97. The van der Waals surface area contributed by atoms with E-state index in [1.54, 1.807) is 35.8 Å². The van der Waals surface area contributed by atoms with E-state index in [0.29, 0.717) is 15.7 Å². The normalized spacial score (nSPS) is 11.6. The fourth-order valence-corrected chi connectivity index (χ4v) is 3.64. The third kappa shape index (κ3) is 2.70. The van der Waals surface area contributed by atoms with Crippen molar-refractivity contribution in [2.45, 2.75) is 0 Å². The molecule has 0 unspecified atom stereocenters. The zero-order valence-corrected chi connectivity index (χ0v) is 13.2. The molecule has 2 aromatic carbocycles. The maximum atomic E-state index is 6.35. The summed E-state index contributed by atoms with van der Waals surface area (Å²) >= 11 is 19.9. The monoisotopic (exact) mass is 339 g/mol. The van der Waals surface area contributed by atoms with Gasteiger partial charge in [0.15, 0.2) is 0 Å². The van der Waals surface area contributed by atoms with Gasteiger partial charge in [0.1, 0.15) is 0 Å². The molecule has 100 valence electrons. The molecule has 3 aromatic rings. The number of nitrogens with zero attached hydrogens (tertiary/aromatic N) is 1. The first-order valence-electron chi connectivity index (χ1n) is 5.81. The number of fused-ring (bicyclic) bond motifs is 1. The van der Waals surface area contributed by atoms with Gasteiger partial charge in [-0.2, -0.15) is 0 Å². The van der Waals surface area contributed by atoms with Crippen molar-refractivity contribution in [1.82, 2.24) is 0 Å². The molecule has 0 aliphatic rings. The van der Waals surface area contributed by atoms with Gasteiger partial charge in [0.2, 0.25) is 0 Å². The highest BCUT2D eigenvalue weighted by molar-refractivity contribution is 7.21. The van der Waals surface area contributed by atoms with Crippen LogP contribution < -0.4 is 0 Å². The van der Waals surface area contributed by atoms with E-state index >= 15 is 0 Å². The fourth-order valence-electron chi connectivity index (χ4n) is 1.83. The van der Waals surface area contributed by atoms with Gasteiger partial charge in [-0.3, -0.25) is 4.99 Å². The lowest BCUT2D eigenvalue weighted by Crippen LogP contribution is -1.75. The first-order valence-corrected chi connectivity index (χ1v) is 7.76. The minimum absolute atomic E-state index is 0.519. The number of thiophene rings is 1. The van der Waals surface area contributed by atoms with Crippen LogP contribution in [0.15, 0.2) is 47.5 Å². The molecule has 0 bridgehead atoms. The average molecular weight is 341 g/mol. The first-order chi connectivity index (χ1) is 9.65. The summed E-state index contributed by atoms with van der Waals surface area (Å²) in [5.41, 5.74) is 0.671. The topological polar surface area (TPSA) is 12.4 Å². The van der Waals surface area contributed by atoms with Crippen LogP contribution in [0.4, 0.5) is 5.69 Å². The van der Waals surface area contributed by atoms with Crippen molar-refractivity contribution in [3.63, 3.8) is 0 Å². The highest BCUT2D eigenvalue weighted by atomic mass is 35.5. The molecule has 0 atom stereocenters. The molecule has 0 N–H and O–H groups in total. The molecule has 0 saturated heterocycles. The summed E-state index contributed by atoms with van der Waals surface area (Å²) < 4.78 is 1.14. The molecule has 20 heavy (non-hydrogen) atoms. The van der Waals surface area contributed by atoms with Crippen molar-refractivity contribution in [1.29, 1.82) is 0 Å². The van der Waals surface area contributed by atoms with Crippen molar-refractivity contribution in [2.24, 2.45) is 4.99 Å². The van der Waals surface area contributed by atoms with Gasteiger partial charge in [-0.15, -0.1) is 11.3 Å². The molecule has 3 rings (SSSR count). The van der Waals surface area contributed by atoms with Crippen molar-refractivity contribution in [3.8, 4) is 0 Å². The standard InChI is InChI=1S/C15H8Cl3NS/c16-9-5-6-12(11(17)7-9)19-8-14-15(18)10-3-1-2-4-13(10)20-14/h1-8H. The van der Waals surface area contributed by atoms with Gasteiger partial charge in [-0.05, 0) is 24.3 Å². The minimum Gasteiger partial charge on any atom is -0.254 e. The van der Waals surface area contributed by atoms with Gasteiger partial charge in [-0.1, -0.05) is 53.0 Å². The van der Waals surface area contributed by atoms with Crippen LogP contribution in [0.1, 0.15) is 4.88 Å². The van der Waals surface area contributed by atoms with Gasteiger partial charge in [0.25, 0.3) is 0 Å². The van der Waals surface area contributed by atoms with Crippen LogP contribution in [0.25, 0.3) is 10.1 Å². The Morgan fingerprint density at radius 2 is 1.80 bits per heavy atom. The molecular formula is C15H8Cl3NS. The van der Waals surface area contributed by atoms with E-state index in [9.17, 15) is 0 Å². The second-order valence-electron chi connectivity index (χ2n) is 4.13. The summed E-state index contributed by atoms with van der Waals surface area (Å²) in [6.45, 7) is 0. The zero-order chi connectivity index (χ0) is 14.1. The van der Waals surface area contributed by atoms with Gasteiger partial charge < -0.3 is 0 Å². The molecule has 1 nitrogen and oxygen atoms in total. The predicted octanol–water partition coefficient (Wildman–Crippen LogP) is 6.61. The Morgan fingerprint density at radius 3 is 2.55 bits per heavy atom. The van der Waals surface area contributed by atoms with Gasteiger partial charge in [-0.25, -0.2) is 0 Å².